The van der Waals surface area contributed by atoms with Gasteiger partial charge < -0.3 is 14.6 Å². The lowest BCUT2D eigenvalue weighted by molar-refractivity contribution is -0.114. The van der Waals surface area contributed by atoms with Gasteiger partial charge in [0.25, 0.3) is 5.79 Å². The minimum absolute atomic E-state index is 0.0516. The van der Waals surface area contributed by atoms with E-state index in [9.17, 15) is 9.90 Å². The van der Waals surface area contributed by atoms with E-state index in [0.717, 1.165) is 75.7 Å². The van der Waals surface area contributed by atoms with Gasteiger partial charge in [-0.15, -0.1) is 0 Å². The van der Waals surface area contributed by atoms with Crippen LogP contribution < -0.4 is 9.47 Å². The van der Waals surface area contributed by atoms with E-state index in [1.165, 1.54) is 29.6 Å². The molecular weight excluding hydrogens is 436 g/mol. The first-order valence-electron chi connectivity index (χ1n) is 14.1. The number of rotatable bonds is 1. The molecule has 0 bridgehead atoms. The molecule has 4 nitrogen and oxygen atoms in total. The Morgan fingerprint density at radius 3 is 2.57 bits per heavy atom. The topological polar surface area (TPSA) is 55.8 Å². The first-order chi connectivity index (χ1) is 17.0. The Hall–Kier alpha value is -2.07. The molecule has 0 radical (unpaired) electrons. The van der Waals surface area contributed by atoms with Crippen molar-refractivity contribution < 1.29 is 19.4 Å². The minimum atomic E-state index is -0.475. The maximum absolute atomic E-state index is 12.2. The number of ketones is 1. The molecule has 186 valence electrons. The molecule has 3 unspecified atom stereocenters. The van der Waals surface area contributed by atoms with Crippen LogP contribution in [-0.2, 0) is 4.79 Å². The molecule has 5 aliphatic carbocycles. The standard InChI is InChI=1S/C31H38O4/c1-30-18-24(20-7-12-26-27(17-20)35-31(34-26)14-4-2-3-5-15-31)29-22-10-8-21(32)16-19(22)6-9-23(29)25(30)11-13-28(30)33/h7,12,16-17,23-25,28,33H,2-6,8-11,13-15,18H2,1H3/t23?,24-,25?,28?,30+/m1/s1. The van der Waals surface area contributed by atoms with Gasteiger partial charge >= 0.3 is 0 Å². The lowest BCUT2D eigenvalue weighted by Gasteiger charge is -2.52. The summed E-state index contributed by atoms with van der Waals surface area (Å²) in [6.45, 7) is 2.34. The summed E-state index contributed by atoms with van der Waals surface area (Å²) in [6, 6.07) is 6.64. The van der Waals surface area contributed by atoms with Gasteiger partial charge in [-0.2, -0.15) is 0 Å². The van der Waals surface area contributed by atoms with Crippen molar-refractivity contribution >= 4 is 5.78 Å². The molecule has 6 aliphatic rings. The van der Waals surface area contributed by atoms with Crippen molar-refractivity contribution in [3.05, 3.63) is 46.6 Å². The summed E-state index contributed by atoms with van der Waals surface area (Å²) in [7, 11) is 0. The van der Waals surface area contributed by atoms with Gasteiger partial charge in [0, 0.05) is 25.2 Å². The van der Waals surface area contributed by atoms with Crippen LogP contribution in [0.3, 0.4) is 0 Å². The monoisotopic (exact) mass is 474 g/mol. The van der Waals surface area contributed by atoms with Crippen molar-refractivity contribution in [2.75, 3.05) is 0 Å². The third-order valence-electron chi connectivity index (χ3n) is 10.5. The summed E-state index contributed by atoms with van der Waals surface area (Å²) in [4.78, 5) is 12.2. The van der Waals surface area contributed by atoms with Gasteiger partial charge in [-0.05, 0) is 104 Å². The Kier molecular flexibility index (Phi) is 5.04. The predicted molar refractivity (Wildman–Crippen MR) is 134 cm³/mol. The largest absolute Gasteiger partial charge is 0.448 e. The number of hydrogen-bond donors (Lipinski definition) is 1. The summed E-state index contributed by atoms with van der Waals surface area (Å²) < 4.78 is 13.0. The molecule has 5 atom stereocenters. The summed E-state index contributed by atoms with van der Waals surface area (Å²) in [5, 5.41) is 11.1. The summed E-state index contributed by atoms with van der Waals surface area (Å²) in [5.41, 5.74) is 5.58. The highest BCUT2D eigenvalue weighted by molar-refractivity contribution is 5.93. The van der Waals surface area contributed by atoms with E-state index < -0.39 is 5.79 Å². The molecule has 4 heteroatoms. The van der Waals surface area contributed by atoms with E-state index in [1.807, 2.05) is 6.08 Å². The maximum Gasteiger partial charge on any atom is 0.251 e. The van der Waals surface area contributed by atoms with Crippen LogP contribution in [0, 0.1) is 17.3 Å². The fourth-order valence-electron chi connectivity index (χ4n) is 8.73. The number of ether oxygens (including phenoxy) is 2. The molecule has 1 heterocycles. The van der Waals surface area contributed by atoms with Crippen molar-refractivity contribution in [1.82, 2.24) is 0 Å². The number of carbonyl (C=O) groups excluding carboxylic acids is 1. The molecule has 1 N–H and O–H groups in total. The zero-order valence-corrected chi connectivity index (χ0v) is 21.0. The lowest BCUT2D eigenvalue weighted by Crippen LogP contribution is -2.45. The van der Waals surface area contributed by atoms with Crippen LogP contribution in [0.5, 0.6) is 11.5 Å². The Bertz CT molecular complexity index is 1120. The second-order valence-electron chi connectivity index (χ2n) is 12.4. The van der Waals surface area contributed by atoms with Crippen LogP contribution in [0.25, 0.3) is 0 Å². The van der Waals surface area contributed by atoms with E-state index in [2.05, 4.69) is 25.1 Å². The number of carbonyl (C=O) groups is 1. The average Bonchev–Trinajstić information content (AvgIpc) is 3.25. The van der Waals surface area contributed by atoms with Gasteiger partial charge in [0.2, 0.25) is 0 Å². The van der Waals surface area contributed by atoms with Gasteiger partial charge in [-0.3, -0.25) is 4.79 Å². The van der Waals surface area contributed by atoms with Crippen LogP contribution in [0.15, 0.2) is 41.0 Å². The predicted octanol–water partition coefficient (Wildman–Crippen LogP) is 6.77. The normalized spacial score (nSPS) is 37.4. The van der Waals surface area contributed by atoms with Crippen molar-refractivity contribution in [2.24, 2.45) is 17.3 Å². The third kappa shape index (κ3) is 3.38. The highest BCUT2D eigenvalue weighted by Crippen LogP contribution is 2.64. The van der Waals surface area contributed by atoms with Gasteiger partial charge in [-0.25, -0.2) is 0 Å². The van der Waals surface area contributed by atoms with Crippen LogP contribution in [0.4, 0.5) is 0 Å². The van der Waals surface area contributed by atoms with Gasteiger partial charge in [0.15, 0.2) is 17.3 Å². The Morgan fingerprint density at radius 2 is 1.74 bits per heavy atom. The quantitative estimate of drug-likeness (QED) is 0.488. The number of benzene rings is 1. The third-order valence-corrected chi connectivity index (χ3v) is 10.5. The van der Waals surface area contributed by atoms with Gasteiger partial charge in [0.1, 0.15) is 0 Å². The van der Waals surface area contributed by atoms with Crippen LogP contribution in [-0.4, -0.2) is 22.8 Å². The number of aliphatic hydroxyl groups is 1. The molecular formula is C31H38O4. The molecule has 0 amide bonds. The zero-order chi connectivity index (χ0) is 23.8. The molecule has 3 fully saturated rings. The van der Waals surface area contributed by atoms with Crippen molar-refractivity contribution in [2.45, 2.75) is 108 Å². The highest BCUT2D eigenvalue weighted by Gasteiger charge is 2.56. The minimum Gasteiger partial charge on any atom is -0.448 e. The summed E-state index contributed by atoms with van der Waals surface area (Å²) in [6.07, 6.45) is 15.1. The zero-order valence-electron chi connectivity index (χ0n) is 21.0. The molecule has 7 rings (SSSR count). The first kappa shape index (κ1) is 22.2. The SMILES string of the molecule is C[C@]12C[C@H](c3ccc4c(c3)OC3(CCCCCC3)O4)C3=C4CCC(=O)C=C4CCC3C1CCC2O. The second-order valence-corrected chi connectivity index (χ2v) is 12.4. The molecule has 0 aromatic heterocycles. The van der Waals surface area contributed by atoms with Crippen LogP contribution in [0.2, 0.25) is 0 Å². The van der Waals surface area contributed by atoms with E-state index in [4.69, 9.17) is 9.47 Å². The number of hydrogen-bond acceptors (Lipinski definition) is 4. The van der Waals surface area contributed by atoms with Gasteiger partial charge in [0.05, 0.1) is 6.10 Å². The first-order valence-corrected chi connectivity index (χ1v) is 14.1. The Labute approximate surface area is 208 Å². The molecule has 0 saturated heterocycles. The Balaban J connectivity index is 1.31. The fraction of sp³-hybridized carbons (Fsp3) is 0.645. The Morgan fingerprint density at radius 1 is 0.943 bits per heavy atom. The fourth-order valence-corrected chi connectivity index (χ4v) is 8.73. The average molecular weight is 475 g/mol. The van der Waals surface area contributed by atoms with E-state index in [0.29, 0.717) is 18.3 Å². The van der Waals surface area contributed by atoms with Crippen LogP contribution in [0.1, 0.15) is 102 Å². The molecule has 3 saturated carbocycles. The number of fused-ring (bicyclic) bond motifs is 5. The van der Waals surface area contributed by atoms with Gasteiger partial charge in [-0.1, -0.05) is 31.4 Å². The van der Waals surface area contributed by atoms with Crippen molar-refractivity contribution in [3.8, 4) is 11.5 Å². The van der Waals surface area contributed by atoms with Crippen molar-refractivity contribution in [1.29, 1.82) is 0 Å². The van der Waals surface area contributed by atoms with E-state index >= 15 is 0 Å². The number of allylic oxidation sites excluding steroid dienone is 4. The van der Waals surface area contributed by atoms with E-state index in [-0.39, 0.29) is 23.2 Å². The van der Waals surface area contributed by atoms with Crippen molar-refractivity contribution in [3.63, 3.8) is 0 Å². The van der Waals surface area contributed by atoms with E-state index in [1.54, 1.807) is 5.57 Å². The smallest absolute Gasteiger partial charge is 0.251 e. The maximum atomic E-state index is 12.2. The van der Waals surface area contributed by atoms with Crippen LogP contribution >= 0.6 is 0 Å². The lowest BCUT2D eigenvalue weighted by atomic mass is 9.53. The molecule has 35 heavy (non-hydrogen) atoms. The second kappa shape index (κ2) is 7.96. The number of aliphatic hydroxyl groups excluding tert-OH is 1. The molecule has 1 aromatic rings. The molecule has 1 aliphatic heterocycles. The summed E-state index contributed by atoms with van der Waals surface area (Å²) in [5.74, 6) is 2.91. The summed E-state index contributed by atoms with van der Waals surface area (Å²) >= 11 is 0. The molecule has 1 spiro atoms. The molecule has 1 aromatic carbocycles. The highest BCUT2D eigenvalue weighted by atomic mass is 16.7.